The van der Waals surface area contributed by atoms with Gasteiger partial charge in [-0.25, -0.2) is 0 Å². The second-order valence-corrected chi connectivity index (χ2v) is 8.74. The zero-order chi connectivity index (χ0) is 22.9. The van der Waals surface area contributed by atoms with Gasteiger partial charge in [0.2, 0.25) is 17.7 Å². The van der Waals surface area contributed by atoms with E-state index >= 15 is 0 Å². The number of thioether (sulfide) groups is 1. The molecule has 2 unspecified atom stereocenters. The van der Waals surface area contributed by atoms with Crippen molar-refractivity contribution in [2.24, 2.45) is 0 Å². The van der Waals surface area contributed by atoms with E-state index < -0.39 is 5.50 Å². The van der Waals surface area contributed by atoms with Crippen LogP contribution in [-0.4, -0.2) is 42.1 Å². The van der Waals surface area contributed by atoms with Gasteiger partial charge in [-0.1, -0.05) is 23.7 Å². The van der Waals surface area contributed by atoms with Crippen LogP contribution in [0.25, 0.3) is 0 Å². The standard InChI is InChI=1S/C22H25ClN4O4S/c1-31-18-4-2-3-14(9-18)12-24-19(28)10-17-11-20(29)27-22(26-17)32-13-21(30)25-16-7-5-15(23)6-8-16/h2-9,17,22,26H,10-13H2,1H3,(H,24,28)(H,25,30)(H,27,29). The average molecular weight is 477 g/mol. The Kier molecular flexibility index (Phi) is 8.78. The fourth-order valence-electron chi connectivity index (χ4n) is 3.13. The minimum atomic E-state index is -0.455. The van der Waals surface area contributed by atoms with Gasteiger partial charge in [-0.05, 0) is 42.0 Å². The third-order valence-corrected chi connectivity index (χ3v) is 5.94. The first kappa shape index (κ1) is 23.9. The van der Waals surface area contributed by atoms with Crippen molar-refractivity contribution in [2.75, 3.05) is 18.2 Å². The molecule has 2 atom stereocenters. The summed E-state index contributed by atoms with van der Waals surface area (Å²) in [6, 6.07) is 13.9. The number of hydrogen-bond acceptors (Lipinski definition) is 6. The van der Waals surface area contributed by atoms with Gasteiger partial charge in [-0.15, -0.1) is 11.8 Å². The highest BCUT2D eigenvalue weighted by Gasteiger charge is 2.28. The average Bonchev–Trinajstić information content (AvgIpc) is 2.78. The fourth-order valence-corrected chi connectivity index (χ4v) is 4.15. The lowest BCUT2D eigenvalue weighted by molar-refractivity contribution is -0.125. The number of amides is 3. The number of rotatable bonds is 9. The third-order valence-electron chi connectivity index (χ3n) is 4.68. The minimum absolute atomic E-state index is 0.134. The fraction of sp³-hybridized carbons (Fsp3) is 0.318. The molecule has 0 spiro atoms. The van der Waals surface area contributed by atoms with Gasteiger partial charge < -0.3 is 20.7 Å². The molecule has 1 heterocycles. The lowest BCUT2D eigenvalue weighted by atomic mass is 10.1. The van der Waals surface area contributed by atoms with Crippen molar-refractivity contribution < 1.29 is 19.1 Å². The third kappa shape index (κ3) is 7.74. The molecule has 0 aromatic heterocycles. The monoisotopic (exact) mass is 476 g/mol. The topological polar surface area (TPSA) is 109 Å². The van der Waals surface area contributed by atoms with Crippen molar-refractivity contribution in [1.29, 1.82) is 0 Å². The van der Waals surface area contributed by atoms with Gasteiger partial charge in [-0.3, -0.25) is 19.7 Å². The zero-order valence-corrected chi connectivity index (χ0v) is 19.1. The van der Waals surface area contributed by atoms with E-state index in [2.05, 4.69) is 21.3 Å². The molecule has 2 aromatic carbocycles. The van der Waals surface area contributed by atoms with E-state index in [-0.39, 0.29) is 42.4 Å². The molecule has 0 radical (unpaired) electrons. The van der Waals surface area contributed by atoms with Gasteiger partial charge in [0.25, 0.3) is 0 Å². The quantitative estimate of drug-likeness (QED) is 0.443. The van der Waals surface area contributed by atoms with Gasteiger partial charge >= 0.3 is 0 Å². The molecule has 10 heteroatoms. The van der Waals surface area contributed by atoms with Crippen LogP contribution >= 0.6 is 23.4 Å². The van der Waals surface area contributed by atoms with Crippen molar-refractivity contribution in [3.8, 4) is 5.75 Å². The predicted molar refractivity (Wildman–Crippen MR) is 125 cm³/mol. The summed E-state index contributed by atoms with van der Waals surface area (Å²) in [4.78, 5) is 36.6. The lowest BCUT2D eigenvalue weighted by Crippen LogP contribution is -2.56. The van der Waals surface area contributed by atoms with E-state index in [4.69, 9.17) is 16.3 Å². The number of hydrogen-bond donors (Lipinski definition) is 4. The van der Waals surface area contributed by atoms with Gasteiger partial charge in [0.05, 0.1) is 12.9 Å². The number of carbonyl (C=O) groups excluding carboxylic acids is 3. The molecule has 0 bridgehead atoms. The molecule has 1 aliphatic rings. The van der Waals surface area contributed by atoms with Crippen molar-refractivity contribution in [3.63, 3.8) is 0 Å². The molecule has 2 aromatic rings. The smallest absolute Gasteiger partial charge is 0.234 e. The summed E-state index contributed by atoms with van der Waals surface area (Å²) < 4.78 is 5.18. The van der Waals surface area contributed by atoms with E-state index in [1.165, 1.54) is 11.8 Å². The Morgan fingerprint density at radius 1 is 1.19 bits per heavy atom. The molecule has 3 amide bonds. The highest BCUT2D eigenvalue weighted by Crippen LogP contribution is 2.17. The van der Waals surface area contributed by atoms with E-state index in [0.717, 1.165) is 11.3 Å². The molecule has 1 fully saturated rings. The van der Waals surface area contributed by atoms with E-state index in [1.807, 2.05) is 24.3 Å². The van der Waals surface area contributed by atoms with Crippen molar-refractivity contribution in [3.05, 3.63) is 59.1 Å². The second-order valence-electron chi connectivity index (χ2n) is 7.21. The predicted octanol–water partition coefficient (Wildman–Crippen LogP) is 2.49. The lowest BCUT2D eigenvalue weighted by Gasteiger charge is -2.30. The summed E-state index contributed by atoms with van der Waals surface area (Å²) in [5, 5.41) is 12.2. The Hall–Kier alpha value is -2.75. The van der Waals surface area contributed by atoms with Crippen molar-refractivity contribution in [1.82, 2.24) is 16.0 Å². The molecule has 32 heavy (non-hydrogen) atoms. The molecular formula is C22H25ClN4O4S. The molecule has 3 rings (SSSR count). The first-order valence-corrected chi connectivity index (χ1v) is 11.5. The Bertz CT molecular complexity index is 957. The molecule has 1 aliphatic heterocycles. The van der Waals surface area contributed by atoms with Crippen LogP contribution in [0.5, 0.6) is 5.75 Å². The van der Waals surface area contributed by atoms with Crippen LogP contribution < -0.4 is 26.0 Å². The Labute approximate surface area is 195 Å². The number of carbonyl (C=O) groups is 3. The summed E-state index contributed by atoms with van der Waals surface area (Å²) in [5.41, 5.74) is 1.11. The number of benzene rings is 2. The van der Waals surface area contributed by atoms with Crippen LogP contribution in [-0.2, 0) is 20.9 Å². The van der Waals surface area contributed by atoms with Crippen LogP contribution in [0.3, 0.4) is 0 Å². The summed E-state index contributed by atoms with van der Waals surface area (Å²) in [7, 11) is 1.59. The zero-order valence-electron chi connectivity index (χ0n) is 17.5. The van der Waals surface area contributed by atoms with Crippen molar-refractivity contribution in [2.45, 2.75) is 30.9 Å². The molecule has 1 saturated heterocycles. The maximum atomic E-state index is 12.4. The number of halogens is 1. The van der Waals surface area contributed by atoms with Gasteiger partial charge in [0.1, 0.15) is 11.2 Å². The van der Waals surface area contributed by atoms with Gasteiger partial charge in [-0.2, -0.15) is 0 Å². The van der Waals surface area contributed by atoms with Crippen LogP contribution in [0.2, 0.25) is 5.02 Å². The van der Waals surface area contributed by atoms with Crippen molar-refractivity contribution >= 4 is 46.8 Å². The number of anilines is 1. The minimum Gasteiger partial charge on any atom is -0.497 e. The summed E-state index contributed by atoms with van der Waals surface area (Å²) in [6.07, 6.45) is 0.353. The first-order chi connectivity index (χ1) is 15.4. The van der Waals surface area contributed by atoms with Crippen LogP contribution in [0.15, 0.2) is 48.5 Å². The number of ether oxygens (including phenoxy) is 1. The van der Waals surface area contributed by atoms with Crippen LogP contribution in [0.1, 0.15) is 18.4 Å². The first-order valence-electron chi connectivity index (χ1n) is 10.0. The Morgan fingerprint density at radius 2 is 1.97 bits per heavy atom. The Balaban J connectivity index is 1.42. The van der Waals surface area contributed by atoms with E-state index in [0.29, 0.717) is 17.3 Å². The molecule has 170 valence electrons. The summed E-state index contributed by atoms with van der Waals surface area (Å²) in [6.45, 7) is 0.373. The second kappa shape index (κ2) is 11.8. The summed E-state index contributed by atoms with van der Waals surface area (Å²) in [5.74, 6) is 0.332. The number of nitrogens with one attached hydrogen (secondary N) is 4. The Morgan fingerprint density at radius 3 is 2.72 bits per heavy atom. The number of methoxy groups -OCH3 is 1. The molecule has 0 saturated carbocycles. The van der Waals surface area contributed by atoms with E-state index in [1.54, 1.807) is 31.4 Å². The van der Waals surface area contributed by atoms with Crippen LogP contribution in [0.4, 0.5) is 5.69 Å². The SMILES string of the molecule is COc1cccc(CNC(=O)CC2CC(=O)NC(SCC(=O)Nc3ccc(Cl)cc3)N2)c1. The maximum absolute atomic E-state index is 12.4. The van der Waals surface area contributed by atoms with E-state index in [9.17, 15) is 14.4 Å². The van der Waals surface area contributed by atoms with Gasteiger partial charge in [0, 0.05) is 36.1 Å². The van der Waals surface area contributed by atoms with Crippen LogP contribution in [0, 0.1) is 0 Å². The molecule has 8 nitrogen and oxygen atoms in total. The highest BCUT2D eigenvalue weighted by atomic mass is 35.5. The molecule has 4 N–H and O–H groups in total. The molecule has 0 aliphatic carbocycles. The normalized spacial score (nSPS) is 17.9. The maximum Gasteiger partial charge on any atom is 0.234 e. The van der Waals surface area contributed by atoms with Gasteiger partial charge in [0.15, 0.2) is 0 Å². The highest BCUT2D eigenvalue weighted by molar-refractivity contribution is 8.00. The summed E-state index contributed by atoms with van der Waals surface area (Å²) >= 11 is 7.09. The molecular weight excluding hydrogens is 452 g/mol. The largest absolute Gasteiger partial charge is 0.497 e.